The molecule has 0 aliphatic rings. The second-order valence-electron chi connectivity index (χ2n) is 3.83. The minimum Gasteiger partial charge on any atom is -0.492 e. The first kappa shape index (κ1) is 12.7. The molecule has 0 atom stereocenters. The summed E-state index contributed by atoms with van der Waals surface area (Å²) in [6.07, 6.45) is 3.09. The Morgan fingerprint density at radius 1 is 1.40 bits per heavy atom. The number of rotatable bonds is 5. The van der Waals surface area contributed by atoms with E-state index in [0.717, 1.165) is 23.7 Å². The molecule has 1 rings (SSSR count). The Bertz CT molecular complexity index is 312. The Morgan fingerprint density at radius 3 is 2.67 bits per heavy atom. The maximum atomic E-state index is 6.09. The molecule has 0 aliphatic heterocycles. The van der Waals surface area contributed by atoms with E-state index in [-0.39, 0.29) is 0 Å². The number of thioether (sulfide) groups is 1. The Hall–Kier alpha value is -0.340. The molecule has 0 saturated carbocycles. The van der Waals surface area contributed by atoms with Crippen LogP contribution in [0.3, 0.4) is 0 Å². The van der Waals surface area contributed by atoms with Crippen molar-refractivity contribution in [3.63, 3.8) is 0 Å². The van der Waals surface area contributed by atoms with Gasteiger partial charge in [-0.25, -0.2) is 0 Å². The van der Waals surface area contributed by atoms with Crippen LogP contribution in [-0.2, 0) is 0 Å². The van der Waals surface area contributed by atoms with E-state index >= 15 is 0 Å². The van der Waals surface area contributed by atoms with Crippen molar-refractivity contribution < 1.29 is 4.74 Å². The lowest BCUT2D eigenvalue weighted by molar-refractivity contribution is 0.289. The van der Waals surface area contributed by atoms with E-state index in [1.807, 2.05) is 24.5 Å². The fraction of sp³-hybridized carbons (Fsp3) is 0.500. The normalized spacial score (nSPS) is 10.7. The lowest BCUT2D eigenvalue weighted by Crippen LogP contribution is -2.01. The molecule has 0 spiro atoms. The van der Waals surface area contributed by atoms with Gasteiger partial charge < -0.3 is 4.74 Å². The van der Waals surface area contributed by atoms with Gasteiger partial charge in [-0.15, -0.1) is 11.8 Å². The predicted molar refractivity (Wildman–Crippen MR) is 68.2 cm³/mol. The molecule has 0 saturated heterocycles. The average molecular weight is 245 g/mol. The Labute approximate surface area is 101 Å². The Morgan fingerprint density at radius 2 is 2.13 bits per heavy atom. The smallest absolute Gasteiger partial charge is 0.137 e. The molecule has 0 aromatic heterocycles. The average Bonchev–Trinajstić information content (AvgIpc) is 2.20. The first-order chi connectivity index (χ1) is 7.13. The van der Waals surface area contributed by atoms with Gasteiger partial charge in [0.25, 0.3) is 0 Å². The van der Waals surface area contributed by atoms with Crippen LogP contribution in [0.25, 0.3) is 0 Å². The summed E-state index contributed by atoms with van der Waals surface area (Å²) in [4.78, 5) is 1.16. The maximum absolute atomic E-state index is 6.09. The third kappa shape index (κ3) is 4.35. The lowest BCUT2D eigenvalue weighted by atomic mass is 10.1. The van der Waals surface area contributed by atoms with E-state index in [9.17, 15) is 0 Å². The van der Waals surface area contributed by atoms with Crippen molar-refractivity contribution in [2.75, 3.05) is 12.9 Å². The number of halogens is 1. The van der Waals surface area contributed by atoms with Crippen molar-refractivity contribution in [3.05, 3.63) is 23.2 Å². The van der Waals surface area contributed by atoms with E-state index in [1.165, 1.54) is 0 Å². The van der Waals surface area contributed by atoms with E-state index < -0.39 is 0 Å². The van der Waals surface area contributed by atoms with Crippen LogP contribution >= 0.6 is 23.4 Å². The summed E-state index contributed by atoms with van der Waals surface area (Å²) in [6.45, 7) is 5.10. The van der Waals surface area contributed by atoms with Gasteiger partial charge in [0, 0.05) is 4.90 Å². The van der Waals surface area contributed by atoms with Crippen LogP contribution in [0.2, 0.25) is 5.02 Å². The highest BCUT2D eigenvalue weighted by atomic mass is 35.5. The molecular formula is C12H17ClOS. The number of hydrogen-bond acceptors (Lipinski definition) is 2. The van der Waals surface area contributed by atoms with Crippen molar-refractivity contribution in [1.29, 1.82) is 0 Å². The number of benzene rings is 1. The molecule has 0 unspecified atom stereocenters. The van der Waals surface area contributed by atoms with Gasteiger partial charge in [-0.05, 0) is 36.8 Å². The second kappa shape index (κ2) is 6.29. The summed E-state index contributed by atoms with van der Waals surface area (Å²) in [5, 5.41) is 0.700. The fourth-order valence-electron chi connectivity index (χ4n) is 1.13. The lowest BCUT2D eigenvalue weighted by Gasteiger charge is -2.10. The summed E-state index contributed by atoms with van der Waals surface area (Å²) >= 11 is 7.77. The van der Waals surface area contributed by atoms with Gasteiger partial charge in [0.2, 0.25) is 0 Å². The molecule has 0 heterocycles. The van der Waals surface area contributed by atoms with E-state index in [1.54, 1.807) is 11.8 Å². The fourth-order valence-corrected chi connectivity index (χ4v) is 1.87. The molecule has 84 valence electrons. The Balaban J connectivity index is 2.54. The SMILES string of the molecule is CSc1ccc(OCCC(C)C)c(Cl)c1. The summed E-state index contributed by atoms with van der Waals surface area (Å²) in [5.41, 5.74) is 0. The van der Waals surface area contributed by atoms with Crippen molar-refractivity contribution in [2.24, 2.45) is 5.92 Å². The van der Waals surface area contributed by atoms with Gasteiger partial charge in [0.15, 0.2) is 0 Å². The molecular weight excluding hydrogens is 228 g/mol. The number of ether oxygens (including phenoxy) is 1. The molecule has 15 heavy (non-hydrogen) atoms. The molecule has 0 aliphatic carbocycles. The standard InChI is InChI=1S/C12H17ClOS/c1-9(2)6-7-14-12-5-4-10(15-3)8-11(12)13/h4-5,8-9H,6-7H2,1-3H3. The predicted octanol–water partition coefficient (Wildman–Crippen LogP) is 4.49. The maximum Gasteiger partial charge on any atom is 0.137 e. The van der Waals surface area contributed by atoms with Crippen molar-refractivity contribution >= 4 is 23.4 Å². The zero-order chi connectivity index (χ0) is 11.3. The zero-order valence-corrected chi connectivity index (χ0v) is 11.0. The van der Waals surface area contributed by atoms with Gasteiger partial charge in [0.05, 0.1) is 11.6 Å². The topological polar surface area (TPSA) is 9.23 Å². The summed E-state index contributed by atoms with van der Waals surface area (Å²) in [7, 11) is 0. The molecule has 0 fully saturated rings. The summed E-state index contributed by atoms with van der Waals surface area (Å²) < 4.78 is 5.61. The molecule has 3 heteroatoms. The molecule has 1 aromatic carbocycles. The van der Waals surface area contributed by atoms with Crippen molar-refractivity contribution in [3.8, 4) is 5.75 Å². The zero-order valence-electron chi connectivity index (χ0n) is 9.42. The van der Waals surface area contributed by atoms with Crippen LogP contribution in [0.15, 0.2) is 23.1 Å². The number of hydrogen-bond donors (Lipinski definition) is 0. The molecule has 0 amide bonds. The highest BCUT2D eigenvalue weighted by molar-refractivity contribution is 7.98. The molecule has 0 bridgehead atoms. The van der Waals surface area contributed by atoms with Crippen LogP contribution < -0.4 is 4.74 Å². The minimum atomic E-state index is 0.661. The van der Waals surface area contributed by atoms with Crippen LogP contribution in [0.1, 0.15) is 20.3 Å². The minimum absolute atomic E-state index is 0.661. The molecule has 1 nitrogen and oxygen atoms in total. The Kier molecular flexibility index (Phi) is 5.34. The molecule has 0 radical (unpaired) electrons. The van der Waals surface area contributed by atoms with Crippen LogP contribution in [-0.4, -0.2) is 12.9 Å². The largest absolute Gasteiger partial charge is 0.492 e. The third-order valence-corrected chi connectivity index (χ3v) is 3.11. The van der Waals surface area contributed by atoms with Gasteiger partial charge in [-0.3, -0.25) is 0 Å². The van der Waals surface area contributed by atoms with E-state index in [0.29, 0.717) is 10.9 Å². The van der Waals surface area contributed by atoms with Gasteiger partial charge in [-0.2, -0.15) is 0 Å². The summed E-state index contributed by atoms with van der Waals surface area (Å²) in [5.74, 6) is 1.45. The monoisotopic (exact) mass is 244 g/mol. The van der Waals surface area contributed by atoms with Crippen LogP contribution in [0, 0.1) is 5.92 Å². The van der Waals surface area contributed by atoms with Crippen molar-refractivity contribution in [1.82, 2.24) is 0 Å². The van der Waals surface area contributed by atoms with E-state index in [2.05, 4.69) is 13.8 Å². The first-order valence-corrected chi connectivity index (χ1v) is 6.70. The highest BCUT2D eigenvalue weighted by Crippen LogP contribution is 2.29. The van der Waals surface area contributed by atoms with Gasteiger partial charge in [-0.1, -0.05) is 25.4 Å². The molecule has 0 N–H and O–H groups in total. The van der Waals surface area contributed by atoms with Crippen molar-refractivity contribution in [2.45, 2.75) is 25.2 Å². The molecule has 1 aromatic rings. The highest BCUT2D eigenvalue weighted by Gasteiger charge is 2.03. The third-order valence-electron chi connectivity index (χ3n) is 2.09. The quantitative estimate of drug-likeness (QED) is 0.706. The first-order valence-electron chi connectivity index (χ1n) is 5.10. The van der Waals surface area contributed by atoms with E-state index in [4.69, 9.17) is 16.3 Å². The van der Waals surface area contributed by atoms with Gasteiger partial charge >= 0.3 is 0 Å². The summed E-state index contributed by atoms with van der Waals surface area (Å²) in [6, 6.07) is 5.91. The van der Waals surface area contributed by atoms with Crippen LogP contribution in [0.4, 0.5) is 0 Å². The second-order valence-corrected chi connectivity index (χ2v) is 5.11. The van der Waals surface area contributed by atoms with Gasteiger partial charge in [0.1, 0.15) is 5.75 Å². The van der Waals surface area contributed by atoms with Crippen LogP contribution in [0.5, 0.6) is 5.75 Å².